The van der Waals surface area contributed by atoms with Crippen LogP contribution in [0.2, 0.25) is 0 Å². The standard InChI is InChI=1S/C22H22O10/c1-29-12-6-14-18(13(8-17(25)30-14)10-2-4-11(24)5-3-10)15(7-12)31-22-21(28)20(27)19(26)16(9-23)32-22/h2-8,16,19-24,26-28H,9H2,1H3/t16?,19-,20-,21?,22+/m0/s1. The molecule has 0 amide bonds. The van der Waals surface area contributed by atoms with E-state index in [1.54, 1.807) is 12.1 Å². The second-order valence-corrected chi connectivity index (χ2v) is 7.34. The number of methoxy groups -OCH3 is 1. The number of ether oxygens (including phenoxy) is 3. The van der Waals surface area contributed by atoms with Crippen LogP contribution in [-0.2, 0) is 4.74 Å². The van der Waals surface area contributed by atoms with Gasteiger partial charge in [0.2, 0.25) is 6.29 Å². The number of benzene rings is 2. The van der Waals surface area contributed by atoms with Crippen molar-refractivity contribution >= 4 is 11.0 Å². The molecule has 170 valence electrons. The first-order valence-electron chi connectivity index (χ1n) is 9.75. The molecule has 2 heterocycles. The molecule has 32 heavy (non-hydrogen) atoms. The van der Waals surface area contributed by atoms with E-state index >= 15 is 0 Å². The maximum Gasteiger partial charge on any atom is 0.336 e. The van der Waals surface area contributed by atoms with Gasteiger partial charge in [-0.15, -0.1) is 0 Å². The zero-order valence-corrected chi connectivity index (χ0v) is 16.9. The molecule has 0 aliphatic carbocycles. The van der Waals surface area contributed by atoms with Gasteiger partial charge in [-0.1, -0.05) is 12.1 Å². The van der Waals surface area contributed by atoms with Gasteiger partial charge in [0.05, 0.1) is 19.1 Å². The molecule has 2 unspecified atom stereocenters. The van der Waals surface area contributed by atoms with Crippen LogP contribution in [0.5, 0.6) is 17.2 Å². The number of hydrogen-bond donors (Lipinski definition) is 5. The summed E-state index contributed by atoms with van der Waals surface area (Å²) in [5, 5.41) is 49.8. The molecule has 1 saturated heterocycles. The largest absolute Gasteiger partial charge is 0.508 e. The van der Waals surface area contributed by atoms with E-state index in [1.165, 1.54) is 37.4 Å². The summed E-state index contributed by atoms with van der Waals surface area (Å²) in [7, 11) is 1.40. The maximum absolute atomic E-state index is 12.2. The molecule has 3 aromatic rings. The van der Waals surface area contributed by atoms with Gasteiger partial charge >= 0.3 is 5.63 Å². The van der Waals surface area contributed by atoms with E-state index in [9.17, 15) is 30.3 Å². The highest BCUT2D eigenvalue weighted by Gasteiger charge is 2.45. The number of hydrogen-bond acceptors (Lipinski definition) is 10. The van der Waals surface area contributed by atoms with Gasteiger partial charge in [-0.05, 0) is 17.7 Å². The summed E-state index contributed by atoms with van der Waals surface area (Å²) in [4.78, 5) is 12.2. The molecule has 10 heteroatoms. The van der Waals surface area contributed by atoms with Crippen molar-refractivity contribution in [2.24, 2.45) is 0 Å². The highest BCUT2D eigenvalue weighted by Crippen LogP contribution is 2.39. The van der Waals surface area contributed by atoms with E-state index < -0.39 is 42.9 Å². The lowest BCUT2D eigenvalue weighted by atomic mass is 9.99. The van der Waals surface area contributed by atoms with Gasteiger partial charge in [-0.3, -0.25) is 0 Å². The summed E-state index contributed by atoms with van der Waals surface area (Å²) in [6.07, 6.45) is -7.42. The summed E-state index contributed by atoms with van der Waals surface area (Å²) in [5.41, 5.74) is 0.482. The summed E-state index contributed by atoms with van der Waals surface area (Å²) in [5.74, 6) is 0.416. The van der Waals surface area contributed by atoms with Crippen molar-refractivity contribution in [3.8, 4) is 28.4 Å². The van der Waals surface area contributed by atoms with Crippen LogP contribution >= 0.6 is 0 Å². The smallest absolute Gasteiger partial charge is 0.336 e. The molecule has 0 radical (unpaired) electrons. The fraction of sp³-hybridized carbons (Fsp3) is 0.318. The van der Waals surface area contributed by atoms with Crippen LogP contribution in [0, 0.1) is 0 Å². The number of aromatic hydroxyl groups is 1. The van der Waals surface area contributed by atoms with E-state index in [2.05, 4.69) is 0 Å². The van der Waals surface area contributed by atoms with Gasteiger partial charge in [0.15, 0.2) is 0 Å². The first-order chi connectivity index (χ1) is 15.3. The Bertz CT molecular complexity index is 1150. The lowest BCUT2D eigenvalue weighted by molar-refractivity contribution is -0.277. The Kier molecular flexibility index (Phi) is 6.04. The molecule has 4 rings (SSSR count). The quantitative estimate of drug-likeness (QED) is 0.346. The molecule has 1 aromatic heterocycles. The Hall–Kier alpha value is -3.15. The van der Waals surface area contributed by atoms with Crippen molar-refractivity contribution in [1.82, 2.24) is 0 Å². The molecule has 0 bridgehead atoms. The minimum Gasteiger partial charge on any atom is -0.508 e. The van der Waals surface area contributed by atoms with Crippen LogP contribution in [0.25, 0.3) is 22.1 Å². The number of aliphatic hydroxyl groups is 4. The monoisotopic (exact) mass is 446 g/mol. The highest BCUT2D eigenvalue weighted by atomic mass is 16.7. The normalized spacial score (nSPS) is 25.6. The molecule has 1 aliphatic heterocycles. The maximum atomic E-state index is 12.2. The minimum absolute atomic E-state index is 0.0421. The van der Waals surface area contributed by atoms with Gasteiger partial charge in [-0.2, -0.15) is 0 Å². The summed E-state index contributed by atoms with van der Waals surface area (Å²) >= 11 is 0. The van der Waals surface area contributed by atoms with E-state index in [1.807, 2.05) is 0 Å². The van der Waals surface area contributed by atoms with Crippen molar-refractivity contribution < 1.29 is 44.2 Å². The Labute approximate surface area is 181 Å². The van der Waals surface area contributed by atoms with Crippen LogP contribution in [0.4, 0.5) is 0 Å². The van der Waals surface area contributed by atoms with Gasteiger partial charge in [0.25, 0.3) is 0 Å². The van der Waals surface area contributed by atoms with Crippen molar-refractivity contribution in [3.05, 3.63) is 52.9 Å². The van der Waals surface area contributed by atoms with Gasteiger partial charge in [-0.25, -0.2) is 4.79 Å². The molecular formula is C22H22O10. The molecule has 5 N–H and O–H groups in total. The average molecular weight is 446 g/mol. The van der Waals surface area contributed by atoms with Crippen LogP contribution < -0.4 is 15.1 Å². The van der Waals surface area contributed by atoms with E-state index in [-0.39, 0.29) is 22.8 Å². The average Bonchev–Trinajstić information content (AvgIpc) is 2.78. The topological polar surface area (TPSA) is 159 Å². The molecule has 5 atom stereocenters. The van der Waals surface area contributed by atoms with Gasteiger partial charge in [0.1, 0.15) is 47.2 Å². The number of phenolic OH excluding ortho intramolecular Hbond substituents is 1. The molecule has 2 aromatic carbocycles. The van der Waals surface area contributed by atoms with E-state index in [0.717, 1.165) is 0 Å². The van der Waals surface area contributed by atoms with Crippen LogP contribution in [0.1, 0.15) is 0 Å². The van der Waals surface area contributed by atoms with Crippen molar-refractivity contribution in [2.45, 2.75) is 30.7 Å². The summed E-state index contributed by atoms with van der Waals surface area (Å²) in [6.45, 7) is -0.614. The second-order valence-electron chi connectivity index (χ2n) is 7.34. The lowest BCUT2D eigenvalue weighted by Gasteiger charge is -2.39. The minimum atomic E-state index is -1.64. The molecule has 0 saturated carbocycles. The molecule has 1 fully saturated rings. The zero-order chi connectivity index (χ0) is 23.0. The van der Waals surface area contributed by atoms with Gasteiger partial charge < -0.3 is 44.2 Å². The zero-order valence-electron chi connectivity index (χ0n) is 16.9. The number of aliphatic hydroxyl groups excluding tert-OH is 4. The Balaban J connectivity index is 1.86. The fourth-order valence-corrected chi connectivity index (χ4v) is 3.61. The Morgan fingerprint density at radius 3 is 2.38 bits per heavy atom. The molecule has 10 nitrogen and oxygen atoms in total. The first-order valence-corrected chi connectivity index (χ1v) is 9.75. The van der Waals surface area contributed by atoms with Crippen molar-refractivity contribution in [2.75, 3.05) is 13.7 Å². The van der Waals surface area contributed by atoms with E-state index in [4.69, 9.17) is 18.6 Å². The third-order valence-corrected chi connectivity index (χ3v) is 5.29. The third-order valence-electron chi connectivity index (χ3n) is 5.29. The van der Waals surface area contributed by atoms with E-state index in [0.29, 0.717) is 16.5 Å². The number of fused-ring (bicyclic) bond motifs is 1. The first kappa shape index (κ1) is 22.1. The SMILES string of the molecule is COc1cc(O[C@@H]2OC(CO)[C@H](O)[C@H](O)C2O)c2c(-c3ccc(O)cc3)cc(=O)oc2c1. The van der Waals surface area contributed by atoms with Crippen molar-refractivity contribution in [3.63, 3.8) is 0 Å². The third kappa shape index (κ3) is 4.01. The molecular weight excluding hydrogens is 424 g/mol. The van der Waals surface area contributed by atoms with Gasteiger partial charge in [0, 0.05) is 23.8 Å². The fourth-order valence-electron chi connectivity index (χ4n) is 3.61. The summed E-state index contributed by atoms with van der Waals surface area (Å²) in [6, 6.07) is 10.3. The Morgan fingerprint density at radius 1 is 1.00 bits per heavy atom. The molecule has 1 aliphatic rings. The van der Waals surface area contributed by atoms with Crippen LogP contribution in [-0.4, -0.2) is 70.0 Å². The predicted octanol–water partition coefficient (Wildman–Crippen LogP) is 0.353. The number of rotatable bonds is 5. The Morgan fingerprint density at radius 2 is 1.72 bits per heavy atom. The lowest BCUT2D eigenvalue weighted by Crippen LogP contribution is -2.60. The molecule has 0 spiro atoms. The van der Waals surface area contributed by atoms with Crippen LogP contribution in [0.3, 0.4) is 0 Å². The summed E-state index contributed by atoms with van der Waals surface area (Å²) < 4.78 is 21.9. The highest BCUT2D eigenvalue weighted by molar-refractivity contribution is 5.98. The van der Waals surface area contributed by atoms with Crippen molar-refractivity contribution in [1.29, 1.82) is 0 Å². The van der Waals surface area contributed by atoms with Crippen LogP contribution in [0.15, 0.2) is 51.7 Å². The number of phenols is 1. The predicted molar refractivity (Wildman–Crippen MR) is 111 cm³/mol. The second kappa shape index (κ2) is 8.77.